The largest absolute Gasteiger partial charge is 0.319 e. The molecule has 9 nitrogen and oxygen atoms in total. The van der Waals surface area contributed by atoms with Gasteiger partial charge in [-0.15, -0.1) is 0 Å². The summed E-state index contributed by atoms with van der Waals surface area (Å²) in [5, 5.41) is 11.6. The maximum atomic E-state index is 12.3. The molecule has 2 amide bonds. The topological polar surface area (TPSA) is 119 Å². The number of aromatic nitrogens is 2. The molecule has 0 aliphatic carbocycles. The van der Waals surface area contributed by atoms with Gasteiger partial charge in [-0.25, -0.2) is 4.98 Å². The van der Waals surface area contributed by atoms with Crippen LogP contribution < -0.4 is 10.9 Å². The summed E-state index contributed by atoms with van der Waals surface area (Å²) in [6.45, 7) is 0.706. The number of carbonyl (C=O) groups excluding carboxylic acids is 2. The Labute approximate surface area is 199 Å². The highest BCUT2D eigenvalue weighted by Crippen LogP contribution is 2.24. The third-order valence-electron chi connectivity index (χ3n) is 5.05. The molecule has 4 aromatic rings. The normalized spacial score (nSPS) is 10.7. The number of aryl methyl sites for hydroxylation is 2. The lowest BCUT2D eigenvalue weighted by Gasteiger charge is -2.10. The molecule has 0 aliphatic heterocycles. The van der Waals surface area contributed by atoms with Crippen molar-refractivity contribution < 1.29 is 14.5 Å². The minimum absolute atomic E-state index is 0.0316. The minimum Gasteiger partial charge on any atom is -0.319 e. The van der Waals surface area contributed by atoms with Gasteiger partial charge in [-0.2, -0.15) is 0 Å². The lowest BCUT2D eigenvalue weighted by Crippen LogP contribution is -2.42. The van der Waals surface area contributed by atoms with E-state index in [9.17, 15) is 19.7 Å². The Morgan fingerprint density at radius 2 is 1.74 bits per heavy atom. The molecule has 0 fully saturated rings. The fourth-order valence-corrected chi connectivity index (χ4v) is 4.23. The number of hydrazine groups is 1. The first-order valence-corrected chi connectivity index (χ1v) is 11.5. The summed E-state index contributed by atoms with van der Waals surface area (Å²) in [5.74, 6) is -1.04. The predicted molar refractivity (Wildman–Crippen MR) is 129 cm³/mol. The van der Waals surface area contributed by atoms with E-state index in [0.29, 0.717) is 11.7 Å². The summed E-state index contributed by atoms with van der Waals surface area (Å²) in [6, 6.07) is 23.2. The second-order valence-corrected chi connectivity index (χ2v) is 8.31. The van der Waals surface area contributed by atoms with E-state index in [1.54, 1.807) is 0 Å². The second kappa shape index (κ2) is 10.6. The highest BCUT2D eigenvalue weighted by molar-refractivity contribution is 7.99. The quantitative estimate of drug-likeness (QED) is 0.228. The van der Waals surface area contributed by atoms with E-state index < -0.39 is 16.7 Å². The zero-order valence-electron chi connectivity index (χ0n) is 18.0. The highest BCUT2D eigenvalue weighted by atomic mass is 32.2. The molecule has 1 heterocycles. The van der Waals surface area contributed by atoms with Crippen molar-refractivity contribution in [3.63, 3.8) is 0 Å². The Kier molecular flexibility index (Phi) is 7.19. The van der Waals surface area contributed by atoms with E-state index >= 15 is 0 Å². The van der Waals surface area contributed by atoms with Gasteiger partial charge in [0, 0.05) is 24.2 Å². The molecule has 10 heteroatoms. The number of thioether (sulfide) groups is 1. The zero-order valence-corrected chi connectivity index (χ0v) is 18.8. The summed E-state index contributed by atoms with van der Waals surface area (Å²) in [6.07, 6.45) is 0.820. The molecule has 2 N–H and O–H groups in total. The van der Waals surface area contributed by atoms with Gasteiger partial charge in [0.25, 0.3) is 11.6 Å². The van der Waals surface area contributed by atoms with Crippen molar-refractivity contribution in [3.8, 4) is 0 Å². The molecule has 0 saturated carbocycles. The summed E-state index contributed by atoms with van der Waals surface area (Å²) in [7, 11) is 0. The molecule has 0 aliphatic rings. The van der Waals surface area contributed by atoms with Crippen LogP contribution in [0, 0.1) is 10.1 Å². The maximum absolute atomic E-state index is 12.3. The second-order valence-electron chi connectivity index (χ2n) is 7.37. The Morgan fingerprint density at radius 3 is 2.53 bits per heavy atom. The Hall–Kier alpha value is -4.18. The number of benzene rings is 3. The number of rotatable bonds is 8. The van der Waals surface area contributed by atoms with Crippen LogP contribution in [-0.4, -0.2) is 32.0 Å². The molecule has 0 saturated heterocycles. The number of imidazole rings is 1. The van der Waals surface area contributed by atoms with Crippen molar-refractivity contribution in [1.29, 1.82) is 0 Å². The standard InChI is InChI=1S/C24H21N5O4S/c30-22(26-27-23(31)18-9-6-10-19(15-18)29(32)33)16-34-24-25-20-11-4-5-12-21(20)28(24)14-13-17-7-2-1-3-8-17/h1-12,15H,13-14,16H2,(H,26,30)(H,27,31). The molecule has 172 valence electrons. The van der Waals surface area contributed by atoms with Gasteiger partial charge in [0.2, 0.25) is 5.91 Å². The van der Waals surface area contributed by atoms with E-state index in [4.69, 9.17) is 0 Å². The van der Waals surface area contributed by atoms with Crippen molar-refractivity contribution in [2.45, 2.75) is 18.1 Å². The number of nitrogens with zero attached hydrogens (tertiary/aromatic N) is 3. The number of para-hydroxylation sites is 2. The monoisotopic (exact) mass is 475 g/mol. The lowest BCUT2D eigenvalue weighted by atomic mass is 10.1. The number of nitro groups is 1. The van der Waals surface area contributed by atoms with Crippen molar-refractivity contribution in [1.82, 2.24) is 20.4 Å². The number of nitro benzene ring substituents is 1. The first kappa shape index (κ1) is 23.0. The summed E-state index contributed by atoms with van der Waals surface area (Å²) in [4.78, 5) is 39.5. The van der Waals surface area contributed by atoms with Gasteiger partial charge in [-0.1, -0.05) is 60.3 Å². The van der Waals surface area contributed by atoms with Crippen LogP contribution in [0.5, 0.6) is 0 Å². The number of amides is 2. The van der Waals surface area contributed by atoms with Gasteiger partial charge >= 0.3 is 0 Å². The van der Waals surface area contributed by atoms with Gasteiger partial charge < -0.3 is 4.57 Å². The molecule has 0 radical (unpaired) electrons. The van der Waals surface area contributed by atoms with E-state index in [1.165, 1.54) is 35.5 Å². The number of carbonyl (C=O) groups is 2. The van der Waals surface area contributed by atoms with Crippen LogP contribution in [0.2, 0.25) is 0 Å². The van der Waals surface area contributed by atoms with E-state index in [1.807, 2.05) is 42.5 Å². The molecule has 4 rings (SSSR count). The van der Waals surface area contributed by atoms with Gasteiger partial charge in [0.1, 0.15) is 0 Å². The van der Waals surface area contributed by atoms with Crippen LogP contribution in [0.4, 0.5) is 5.69 Å². The average molecular weight is 476 g/mol. The van der Waals surface area contributed by atoms with Crippen LogP contribution in [0.15, 0.2) is 84.0 Å². The number of hydrogen-bond donors (Lipinski definition) is 2. The zero-order chi connectivity index (χ0) is 23.9. The van der Waals surface area contributed by atoms with Gasteiger partial charge in [-0.3, -0.25) is 30.6 Å². The van der Waals surface area contributed by atoms with Crippen LogP contribution >= 0.6 is 11.8 Å². The number of hydrogen-bond acceptors (Lipinski definition) is 6. The van der Waals surface area contributed by atoms with Crippen molar-refractivity contribution >= 4 is 40.3 Å². The fraction of sp³-hybridized carbons (Fsp3) is 0.125. The average Bonchev–Trinajstić information content (AvgIpc) is 3.22. The number of fused-ring (bicyclic) bond motifs is 1. The molecule has 0 unspecified atom stereocenters. The minimum atomic E-state index is -0.642. The van der Waals surface area contributed by atoms with E-state index in [0.717, 1.165) is 23.5 Å². The molecular weight excluding hydrogens is 454 g/mol. The number of nitrogens with one attached hydrogen (secondary N) is 2. The van der Waals surface area contributed by atoms with E-state index in [-0.39, 0.29) is 17.0 Å². The highest BCUT2D eigenvalue weighted by Gasteiger charge is 2.15. The fourth-order valence-electron chi connectivity index (χ4n) is 3.39. The first-order valence-electron chi connectivity index (χ1n) is 10.5. The van der Waals surface area contributed by atoms with Crippen molar-refractivity contribution in [3.05, 3.63) is 100 Å². The SMILES string of the molecule is O=C(CSc1nc2ccccc2n1CCc1ccccc1)NNC(=O)c1cccc([N+](=O)[O-])c1. The van der Waals surface area contributed by atoms with Crippen LogP contribution in [0.1, 0.15) is 15.9 Å². The molecule has 0 atom stereocenters. The van der Waals surface area contributed by atoms with Gasteiger partial charge in [-0.05, 0) is 30.2 Å². The molecule has 1 aromatic heterocycles. The third-order valence-corrected chi connectivity index (χ3v) is 6.03. The molecule has 34 heavy (non-hydrogen) atoms. The predicted octanol–water partition coefficient (Wildman–Crippen LogP) is 3.74. The Bertz CT molecular complexity index is 1340. The van der Waals surface area contributed by atoms with Gasteiger partial charge in [0.15, 0.2) is 5.16 Å². The van der Waals surface area contributed by atoms with E-state index in [2.05, 4.69) is 32.5 Å². The molecule has 3 aromatic carbocycles. The van der Waals surface area contributed by atoms with Gasteiger partial charge in [0.05, 0.1) is 21.7 Å². The Morgan fingerprint density at radius 1 is 0.971 bits per heavy atom. The molecular formula is C24H21N5O4S. The summed E-state index contributed by atoms with van der Waals surface area (Å²) in [5.41, 5.74) is 7.54. The maximum Gasteiger partial charge on any atom is 0.270 e. The lowest BCUT2D eigenvalue weighted by molar-refractivity contribution is -0.384. The van der Waals surface area contributed by atoms with Crippen LogP contribution in [0.3, 0.4) is 0 Å². The summed E-state index contributed by atoms with van der Waals surface area (Å²) < 4.78 is 2.09. The molecule has 0 spiro atoms. The Balaban J connectivity index is 1.38. The summed E-state index contributed by atoms with van der Waals surface area (Å²) >= 11 is 1.27. The van der Waals surface area contributed by atoms with Crippen molar-refractivity contribution in [2.24, 2.45) is 0 Å². The molecule has 0 bridgehead atoms. The van der Waals surface area contributed by atoms with Crippen LogP contribution in [0.25, 0.3) is 11.0 Å². The first-order chi connectivity index (χ1) is 16.5. The third kappa shape index (κ3) is 5.59. The van der Waals surface area contributed by atoms with Crippen molar-refractivity contribution in [2.75, 3.05) is 5.75 Å². The van der Waals surface area contributed by atoms with Crippen LogP contribution in [-0.2, 0) is 17.8 Å². The smallest absolute Gasteiger partial charge is 0.270 e. The number of non-ortho nitro benzene ring substituents is 1.